The van der Waals surface area contributed by atoms with Crippen LogP contribution in [-0.2, 0) is 0 Å². The molecule has 2 fully saturated rings. The first-order valence-electron chi connectivity index (χ1n) is 7.93. The number of benzene rings is 1. The van der Waals surface area contributed by atoms with Gasteiger partial charge in [-0.15, -0.1) is 0 Å². The van der Waals surface area contributed by atoms with E-state index in [0.29, 0.717) is 0 Å². The first kappa shape index (κ1) is 15.1. The number of anilines is 1. The van der Waals surface area contributed by atoms with Gasteiger partial charge in [-0.25, -0.2) is 4.98 Å². The first-order valence-corrected chi connectivity index (χ1v) is 10.3. The second-order valence-corrected chi connectivity index (χ2v) is 8.59. The van der Waals surface area contributed by atoms with Crippen molar-refractivity contribution < 1.29 is 0 Å². The van der Waals surface area contributed by atoms with Crippen LogP contribution in [0.1, 0.15) is 12.8 Å². The van der Waals surface area contributed by atoms with Crippen molar-refractivity contribution >= 4 is 50.0 Å². The van der Waals surface area contributed by atoms with Gasteiger partial charge in [0.2, 0.25) is 0 Å². The number of para-hydroxylation sites is 1. The predicted octanol–water partition coefficient (Wildman–Crippen LogP) is 3.97. The molecule has 2 aliphatic heterocycles. The Morgan fingerprint density at radius 3 is 2.59 bits per heavy atom. The standard InChI is InChI=1S/C16H20ClN3S2/c17-13-2-1-3-14-15(13)18-16(22-14)20-6-4-12(5-7-20)19-8-10-21-11-9-19/h1-3,12H,4-11H2. The summed E-state index contributed by atoms with van der Waals surface area (Å²) in [5, 5.41) is 1.90. The summed E-state index contributed by atoms with van der Waals surface area (Å²) in [5.41, 5.74) is 0.958. The highest BCUT2D eigenvalue weighted by molar-refractivity contribution is 7.99. The molecule has 22 heavy (non-hydrogen) atoms. The maximum atomic E-state index is 6.25. The third-order valence-electron chi connectivity index (χ3n) is 4.66. The van der Waals surface area contributed by atoms with Crippen LogP contribution in [0.2, 0.25) is 5.02 Å². The zero-order valence-corrected chi connectivity index (χ0v) is 14.9. The molecule has 3 nitrogen and oxygen atoms in total. The van der Waals surface area contributed by atoms with E-state index < -0.39 is 0 Å². The van der Waals surface area contributed by atoms with Gasteiger partial charge >= 0.3 is 0 Å². The van der Waals surface area contributed by atoms with Gasteiger partial charge in [-0.05, 0) is 25.0 Å². The Balaban J connectivity index is 1.45. The van der Waals surface area contributed by atoms with E-state index in [4.69, 9.17) is 16.6 Å². The van der Waals surface area contributed by atoms with Gasteiger partial charge < -0.3 is 4.90 Å². The van der Waals surface area contributed by atoms with Crippen molar-refractivity contribution in [3.05, 3.63) is 23.2 Å². The number of hydrogen-bond donors (Lipinski definition) is 0. The summed E-state index contributed by atoms with van der Waals surface area (Å²) in [6, 6.07) is 6.82. The quantitative estimate of drug-likeness (QED) is 0.813. The number of piperidine rings is 1. The average molecular weight is 354 g/mol. The van der Waals surface area contributed by atoms with Crippen LogP contribution in [0, 0.1) is 0 Å². The predicted molar refractivity (Wildman–Crippen MR) is 98.8 cm³/mol. The van der Waals surface area contributed by atoms with Gasteiger partial charge in [0.25, 0.3) is 0 Å². The van der Waals surface area contributed by atoms with Crippen LogP contribution in [-0.4, -0.2) is 53.6 Å². The third-order valence-corrected chi connectivity index (χ3v) is 6.98. The van der Waals surface area contributed by atoms with E-state index >= 15 is 0 Å². The molecule has 0 radical (unpaired) electrons. The summed E-state index contributed by atoms with van der Waals surface area (Å²) >= 11 is 10.1. The van der Waals surface area contributed by atoms with Crippen LogP contribution in [0.3, 0.4) is 0 Å². The van der Waals surface area contributed by atoms with Crippen LogP contribution in [0.5, 0.6) is 0 Å². The van der Waals surface area contributed by atoms with E-state index in [2.05, 4.69) is 27.6 Å². The summed E-state index contributed by atoms with van der Waals surface area (Å²) in [4.78, 5) is 9.91. The molecule has 6 heteroatoms. The van der Waals surface area contributed by atoms with Gasteiger partial charge in [0.1, 0.15) is 5.52 Å². The topological polar surface area (TPSA) is 19.4 Å². The van der Waals surface area contributed by atoms with E-state index in [-0.39, 0.29) is 0 Å². The molecule has 0 N–H and O–H groups in total. The summed E-state index contributed by atoms with van der Waals surface area (Å²) in [7, 11) is 0. The Bertz CT molecular complexity index is 646. The minimum atomic E-state index is 0.765. The fourth-order valence-electron chi connectivity index (χ4n) is 3.40. The molecule has 0 amide bonds. The molecule has 0 aliphatic carbocycles. The molecule has 0 bridgehead atoms. The zero-order chi connectivity index (χ0) is 14.9. The number of fused-ring (bicyclic) bond motifs is 1. The second-order valence-electron chi connectivity index (χ2n) is 5.95. The molecule has 2 aliphatic rings. The number of thiazole rings is 1. The lowest BCUT2D eigenvalue weighted by molar-refractivity contribution is 0.186. The number of hydrogen-bond acceptors (Lipinski definition) is 5. The molecule has 118 valence electrons. The number of rotatable bonds is 2. The smallest absolute Gasteiger partial charge is 0.186 e. The van der Waals surface area contributed by atoms with Crippen LogP contribution in [0.15, 0.2) is 18.2 Å². The molecule has 2 saturated heterocycles. The van der Waals surface area contributed by atoms with Gasteiger partial charge in [0, 0.05) is 43.7 Å². The number of thioether (sulfide) groups is 1. The maximum absolute atomic E-state index is 6.25. The van der Waals surface area contributed by atoms with Gasteiger partial charge in [-0.3, -0.25) is 4.90 Å². The van der Waals surface area contributed by atoms with Crippen LogP contribution in [0.4, 0.5) is 5.13 Å². The van der Waals surface area contributed by atoms with E-state index in [1.165, 1.54) is 42.1 Å². The van der Waals surface area contributed by atoms with Crippen LogP contribution in [0.25, 0.3) is 10.2 Å². The first-order chi connectivity index (χ1) is 10.8. The Morgan fingerprint density at radius 2 is 1.86 bits per heavy atom. The highest BCUT2D eigenvalue weighted by atomic mass is 35.5. The summed E-state index contributed by atoms with van der Waals surface area (Å²) < 4.78 is 1.19. The molecular weight excluding hydrogens is 334 g/mol. The molecule has 0 spiro atoms. The maximum Gasteiger partial charge on any atom is 0.186 e. The Labute approximate surface area is 144 Å². The third kappa shape index (κ3) is 2.96. The minimum Gasteiger partial charge on any atom is -0.348 e. The molecule has 1 aromatic carbocycles. The molecule has 0 atom stereocenters. The van der Waals surface area contributed by atoms with Crippen LogP contribution < -0.4 is 4.90 Å². The Hall–Kier alpha value is -0.490. The fourth-order valence-corrected chi connectivity index (χ4v) is 5.65. The molecule has 0 saturated carbocycles. The fraction of sp³-hybridized carbons (Fsp3) is 0.562. The van der Waals surface area contributed by atoms with E-state index in [0.717, 1.165) is 34.8 Å². The number of aromatic nitrogens is 1. The van der Waals surface area contributed by atoms with E-state index in [1.807, 2.05) is 12.1 Å². The van der Waals surface area contributed by atoms with E-state index in [1.54, 1.807) is 11.3 Å². The lowest BCUT2D eigenvalue weighted by Gasteiger charge is -2.40. The van der Waals surface area contributed by atoms with Gasteiger partial charge in [-0.1, -0.05) is 29.0 Å². The zero-order valence-electron chi connectivity index (χ0n) is 12.5. The van der Waals surface area contributed by atoms with Crippen molar-refractivity contribution in [2.24, 2.45) is 0 Å². The van der Waals surface area contributed by atoms with Crippen molar-refractivity contribution in [1.82, 2.24) is 9.88 Å². The minimum absolute atomic E-state index is 0.765. The lowest BCUT2D eigenvalue weighted by atomic mass is 10.0. The Kier molecular flexibility index (Phi) is 4.49. The molecule has 1 aromatic heterocycles. The van der Waals surface area contributed by atoms with Crippen molar-refractivity contribution in [2.75, 3.05) is 42.6 Å². The monoisotopic (exact) mass is 353 g/mol. The molecule has 2 aromatic rings. The second kappa shape index (κ2) is 6.56. The summed E-state index contributed by atoms with van der Waals surface area (Å²) in [6.07, 6.45) is 2.52. The van der Waals surface area contributed by atoms with Gasteiger partial charge in [-0.2, -0.15) is 11.8 Å². The van der Waals surface area contributed by atoms with Crippen molar-refractivity contribution in [2.45, 2.75) is 18.9 Å². The summed E-state index contributed by atoms with van der Waals surface area (Å²) in [6.45, 7) is 4.77. The average Bonchev–Trinajstić information content (AvgIpc) is 3.02. The van der Waals surface area contributed by atoms with Crippen molar-refractivity contribution in [3.63, 3.8) is 0 Å². The van der Waals surface area contributed by atoms with Crippen molar-refractivity contribution in [1.29, 1.82) is 0 Å². The molecule has 0 unspecified atom stereocenters. The molecule has 4 rings (SSSR count). The van der Waals surface area contributed by atoms with Crippen molar-refractivity contribution in [3.8, 4) is 0 Å². The number of halogens is 1. The van der Waals surface area contributed by atoms with E-state index in [9.17, 15) is 0 Å². The number of nitrogens with zero attached hydrogens (tertiary/aromatic N) is 3. The summed E-state index contributed by atoms with van der Waals surface area (Å²) in [5.74, 6) is 2.60. The highest BCUT2D eigenvalue weighted by Crippen LogP contribution is 2.34. The van der Waals surface area contributed by atoms with Crippen LogP contribution >= 0.6 is 34.7 Å². The normalized spacial score (nSPS) is 21.6. The SMILES string of the molecule is Clc1cccc2sc(N3CCC(N4CCSCC4)CC3)nc12. The lowest BCUT2D eigenvalue weighted by Crippen LogP contribution is -2.47. The Morgan fingerprint density at radius 1 is 1.09 bits per heavy atom. The largest absolute Gasteiger partial charge is 0.348 e. The van der Waals surface area contributed by atoms with Gasteiger partial charge in [0.15, 0.2) is 5.13 Å². The molecular formula is C16H20ClN3S2. The highest BCUT2D eigenvalue weighted by Gasteiger charge is 2.27. The molecule has 3 heterocycles. The van der Waals surface area contributed by atoms with Gasteiger partial charge in [0.05, 0.1) is 9.72 Å².